The molecule has 0 spiro atoms. The first-order valence-electron chi connectivity index (χ1n) is 9.93. The van der Waals surface area contributed by atoms with Gasteiger partial charge >= 0.3 is 0 Å². The Morgan fingerprint density at radius 2 is 1.72 bits per heavy atom. The molecule has 1 N–H and O–H groups in total. The molecule has 1 amide bonds. The van der Waals surface area contributed by atoms with Crippen LogP contribution in [0.5, 0.6) is 0 Å². The fourth-order valence-electron chi connectivity index (χ4n) is 3.37. The number of rotatable bonds is 5. The number of fused-ring (bicyclic) bond motifs is 1. The quantitative estimate of drug-likeness (QED) is 0.387. The molecule has 2 aromatic carbocycles. The predicted molar refractivity (Wildman–Crippen MR) is 126 cm³/mol. The summed E-state index contributed by atoms with van der Waals surface area (Å²) in [5.74, 6) is 0.565. The van der Waals surface area contributed by atoms with Gasteiger partial charge in [0, 0.05) is 33.7 Å². The van der Waals surface area contributed by atoms with E-state index in [1.165, 1.54) is 0 Å². The highest BCUT2D eigenvalue weighted by Gasteiger charge is 2.11. The number of nitrogens with zero attached hydrogens (tertiary/aromatic N) is 5. The van der Waals surface area contributed by atoms with Crippen LogP contribution in [0.1, 0.15) is 5.56 Å². The van der Waals surface area contributed by atoms with Crippen molar-refractivity contribution in [1.82, 2.24) is 24.8 Å². The van der Waals surface area contributed by atoms with Gasteiger partial charge in [-0.3, -0.25) is 9.78 Å². The van der Waals surface area contributed by atoms with Gasteiger partial charge in [-0.25, -0.2) is 0 Å². The molecular formula is C24H17BrN6O. The van der Waals surface area contributed by atoms with Gasteiger partial charge in [0.05, 0.1) is 12.1 Å². The van der Waals surface area contributed by atoms with Crippen LogP contribution in [-0.4, -0.2) is 30.7 Å². The number of aromatic nitrogens is 5. The van der Waals surface area contributed by atoms with E-state index in [0.717, 1.165) is 26.9 Å². The monoisotopic (exact) mass is 484 g/mol. The first kappa shape index (κ1) is 20.0. The molecule has 0 atom stereocenters. The van der Waals surface area contributed by atoms with Gasteiger partial charge in [0.2, 0.25) is 5.91 Å². The van der Waals surface area contributed by atoms with Crippen molar-refractivity contribution < 1.29 is 4.79 Å². The van der Waals surface area contributed by atoms with Crippen LogP contribution >= 0.6 is 15.9 Å². The van der Waals surface area contributed by atoms with Crippen molar-refractivity contribution in [2.75, 3.05) is 5.32 Å². The van der Waals surface area contributed by atoms with Crippen LogP contribution in [0, 0.1) is 0 Å². The van der Waals surface area contributed by atoms with Crippen LogP contribution in [0.3, 0.4) is 0 Å². The summed E-state index contributed by atoms with van der Waals surface area (Å²) >= 11 is 3.41. The van der Waals surface area contributed by atoms with Gasteiger partial charge in [-0.1, -0.05) is 40.2 Å². The number of hydrogen-bond donors (Lipinski definition) is 1. The molecule has 8 heteroatoms. The second-order valence-corrected chi connectivity index (χ2v) is 8.10. The van der Waals surface area contributed by atoms with Crippen molar-refractivity contribution >= 4 is 33.2 Å². The van der Waals surface area contributed by atoms with E-state index in [9.17, 15) is 4.79 Å². The first-order chi connectivity index (χ1) is 15.7. The van der Waals surface area contributed by atoms with Crippen LogP contribution in [0.15, 0.2) is 89.7 Å². The minimum atomic E-state index is -0.0772. The van der Waals surface area contributed by atoms with E-state index in [2.05, 4.69) is 36.4 Å². The molecule has 5 rings (SSSR count). The number of nitrogens with one attached hydrogen (secondary N) is 1. The van der Waals surface area contributed by atoms with Crippen molar-refractivity contribution in [1.29, 1.82) is 0 Å². The van der Waals surface area contributed by atoms with E-state index >= 15 is 0 Å². The lowest BCUT2D eigenvalue weighted by atomic mass is 10.1. The van der Waals surface area contributed by atoms with Crippen LogP contribution in [-0.2, 0) is 11.2 Å². The zero-order valence-electron chi connectivity index (χ0n) is 16.8. The Labute approximate surface area is 192 Å². The lowest BCUT2D eigenvalue weighted by molar-refractivity contribution is -0.115. The Kier molecular flexibility index (Phi) is 5.43. The van der Waals surface area contributed by atoms with Crippen molar-refractivity contribution in [3.63, 3.8) is 0 Å². The third-order valence-corrected chi connectivity index (χ3v) is 5.45. The van der Waals surface area contributed by atoms with E-state index in [1.807, 2.05) is 72.8 Å². The van der Waals surface area contributed by atoms with E-state index in [1.54, 1.807) is 16.9 Å². The van der Waals surface area contributed by atoms with E-state index in [4.69, 9.17) is 5.10 Å². The Morgan fingerprint density at radius 3 is 2.53 bits per heavy atom. The number of anilines is 1. The van der Waals surface area contributed by atoms with Gasteiger partial charge in [-0.2, -0.15) is 9.61 Å². The van der Waals surface area contributed by atoms with Crippen LogP contribution in [0.4, 0.5) is 5.69 Å². The molecule has 5 aromatic rings. The molecule has 0 fully saturated rings. The minimum absolute atomic E-state index is 0.0772. The van der Waals surface area contributed by atoms with E-state index < -0.39 is 0 Å². The number of halogens is 1. The van der Waals surface area contributed by atoms with Crippen molar-refractivity contribution in [3.05, 3.63) is 95.2 Å². The van der Waals surface area contributed by atoms with Gasteiger partial charge in [0.25, 0.3) is 0 Å². The Balaban J connectivity index is 1.40. The summed E-state index contributed by atoms with van der Waals surface area (Å²) in [5, 5.41) is 16.2. The molecule has 0 aliphatic carbocycles. The summed E-state index contributed by atoms with van der Waals surface area (Å²) < 4.78 is 2.70. The fourth-order valence-corrected chi connectivity index (χ4v) is 3.64. The third-order valence-electron chi connectivity index (χ3n) is 4.92. The Morgan fingerprint density at radius 1 is 0.906 bits per heavy atom. The molecule has 32 heavy (non-hydrogen) atoms. The Hall–Kier alpha value is -3.91. The second-order valence-electron chi connectivity index (χ2n) is 7.18. The largest absolute Gasteiger partial charge is 0.326 e. The summed E-state index contributed by atoms with van der Waals surface area (Å²) in [5.41, 5.74) is 4.82. The van der Waals surface area contributed by atoms with Gasteiger partial charge in [0.15, 0.2) is 11.5 Å². The smallest absolute Gasteiger partial charge is 0.228 e. The maximum absolute atomic E-state index is 12.5. The highest BCUT2D eigenvalue weighted by molar-refractivity contribution is 9.10. The lowest BCUT2D eigenvalue weighted by Gasteiger charge is -2.08. The minimum Gasteiger partial charge on any atom is -0.326 e. The SMILES string of the molecule is O=C(Cc1ccc(Br)cc1)Nc1cccc(-c2ccc3nnc(-c4ccncc4)n3n2)c1. The van der Waals surface area contributed by atoms with Gasteiger partial charge in [-0.05, 0) is 54.1 Å². The van der Waals surface area contributed by atoms with Crippen molar-refractivity contribution in [2.24, 2.45) is 0 Å². The summed E-state index contributed by atoms with van der Waals surface area (Å²) in [6, 6.07) is 22.8. The van der Waals surface area contributed by atoms with Crippen LogP contribution in [0.2, 0.25) is 0 Å². The number of amides is 1. The summed E-state index contributed by atoms with van der Waals surface area (Å²) in [6.07, 6.45) is 3.72. The van der Waals surface area contributed by atoms with Crippen LogP contribution < -0.4 is 5.32 Å². The molecule has 0 saturated carbocycles. The van der Waals surface area contributed by atoms with Gasteiger partial charge < -0.3 is 5.32 Å². The molecule has 0 unspecified atom stereocenters. The normalized spacial score (nSPS) is 10.9. The average molecular weight is 485 g/mol. The van der Waals surface area contributed by atoms with Crippen molar-refractivity contribution in [3.8, 4) is 22.6 Å². The fraction of sp³-hybridized carbons (Fsp3) is 0.0417. The predicted octanol–water partition coefficient (Wildman–Crippen LogP) is 4.80. The highest BCUT2D eigenvalue weighted by Crippen LogP contribution is 2.23. The van der Waals surface area contributed by atoms with Gasteiger partial charge in [0.1, 0.15) is 0 Å². The molecule has 0 saturated heterocycles. The summed E-state index contributed by atoms with van der Waals surface area (Å²) in [7, 11) is 0. The topological polar surface area (TPSA) is 85.1 Å². The number of benzene rings is 2. The number of hydrogen-bond acceptors (Lipinski definition) is 5. The zero-order chi connectivity index (χ0) is 21.9. The highest BCUT2D eigenvalue weighted by atomic mass is 79.9. The zero-order valence-corrected chi connectivity index (χ0v) is 18.4. The molecule has 0 radical (unpaired) electrons. The first-order valence-corrected chi connectivity index (χ1v) is 10.7. The van der Waals surface area contributed by atoms with E-state index in [0.29, 0.717) is 23.6 Å². The average Bonchev–Trinajstić information content (AvgIpc) is 3.25. The molecule has 0 aliphatic rings. The summed E-state index contributed by atoms with van der Waals surface area (Å²) in [6.45, 7) is 0. The lowest BCUT2D eigenvalue weighted by Crippen LogP contribution is -2.14. The molecule has 7 nitrogen and oxygen atoms in total. The second kappa shape index (κ2) is 8.68. The van der Waals surface area contributed by atoms with E-state index in [-0.39, 0.29) is 5.91 Å². The molecule has 3 heterocycles. The molecular weight excluding hydrogens is 468 g/mol. The molecule has 3 aromatic heterocycles. The number of pyridine rings is 1. The van der Waals surface area contributed by atoms with Crippen molar-refractivity contribution in [2.45, 2.75) is 6.42 Å². The van der Waals surface area contributed by atoms with Crippen LogP contribution in [0.25, 0.3) is 28.3 Å². The molecule has 156 valence electrons. The maximum Gasteiger partial charge on any atom is 0.228 e. The standard InChI is InChI=1S/C24H17BrN6O/c25-19-6-4-16(5-7-19)14-23(32)27-20-3-1-2-18(15-20)21-8-9-22-28-29-24(31(22)30-21)17-10-12-26-13-11-17/h1-13,15H,14H2,(H,27,32). The Bertz CT molecular complexity index is 1400. The summed E-state index contributed by atoms with van der Waals surface area (Å²) in [4.78, 5) is 16.5. The number of carbonyl (C=O) groups excluding carboxylic acids is 1. The number of carbonyl (C=O) groups is 1. The third kappa shape index (κ3) is 4.26. The van der Waals surface area contributed by atoms with Gasteiger partial charge in [-0.15, -0.1) is 10.2 Å². The molecule has 0 bridgehead atoms. The molecule has 0 aliphatic heterocycles. The maximum atomic E-state index is 12.5.